The second-order valence-electron chi connectivity index (χ2n) is 10.3. The molecule has 0 aromatic heterocycles. The molecule has 0 aliphatic carbocycles. The van der Waals surface area contributed by atoms with Crippen LogP contribution in [0.15, 0.2) is 6.07 Å². The Hall–Kier alpha value is -0.795. The fourth-order valence-corrected chi connectivity index (χ4v) is 4.98. The van der Waals surface area contributed by atoms with E-state index in [1.165, 1.54) is 18.1 Å². The van der Waals surface area contributed by atoms with Crippen molar-refractivity contribution >= 4 is 34.5 Å². The highest BCUT2D eigenvalue weighted by Crippen LogP contribution is 2.44. The highest BCUT2D eigenvalue weighted by atomic mass is 19.4. The molecule has 0 N–H and O–H groups in total. The first-order chi connectivity index (χ1) is 13.8. The van der Waals surface area contributed by atoms with E-state index in [9.17, 15) is 13.2 Å². The van der Waals surface area contributed by atoms with E-state index in [4.69, 9.17) is 0 Å². The molecular weight excluding hydrogens is 378 g/mol. The van der Waals surface area contributed by atoms with Crippen molar-refractivity contribution in [3.63, 3.8) is 0 Å². The molecule has 6 heteroatoms. The summed E-state index contributed by atoms with van der Waals surface area (Å²) in [6.45, 7) is 13.2. The normalized spacial score (nSPS) is 15.8. The van der Waals surface area contributed by atoms with Crippen LogP contribution in [-0.2, 0) is 11.6 Å². The van der Waals surface area contributed by atoms with E-state index in [0.29, 0.717) is 5.46 Å². The molecule has 1 rings (SSSR count). The lowest BCUT2D eigenvalue weighted by Gasteiger charge is -2.40. The SMILES string of the molecule is Bc1c(C(F)(F)F)cc(C(C)(CC)CCCCCC)c(C(B)C(C)(C)CCC)c1B. The highest BCUT2D eigenvalue weighted by Gasteiger charge is 2.39. The van der Waals surface area contributed by atoms with Gasteiger partial charge in [0.15, 0.2) is 0 Å². The van der Waals surface area contributed by atoms with Crippen molar-refractivity contribution in [2.75, 3.05) is 0 Å². The van der Waals surface area contributed by atoms with Crippen LogP contribution in [0.1, 0.15) is 115 Å². The molecule has 1 aromatic rings. The fraction of sp³-hybridized carbons (Fsp3) is 0.750. The minimum absolute atomic E-state index is 0.0390. The van der Waals surface area contributed by atoms with Crippen LogP contribution in [0.25, 0.3) is 0 Å². The predicted octanol–water partition coefficient (Wildman–Crippen LogP) is 4.36. The van der Waals surface area contributed by atoms with Crippen LogP contribution < -0.4 is 10.9 Å². The van der Waals surface area contributed by atoms with Crippen LogP contribution in [-0.4, -0.2) is 23.5 Å². The molecule has 0 nitrogen and oxygen atoms in total. The van der Waals surface area contributed by atoms with Crippen LogP contribution in [0.4, 0.5) is 13.2 Å². The van der Waals surface area contributed by atoms with Crippen molar-refractivity contribution in [2.45, 2.75) is 110 Å². The molecule has 0 amide bonds. The molecule has 0 spiro atoms. The standard InChI is InChI=1S/C24H42B3F3/c1-7-10-11-12-14-23(6,9-3)16-15-17(24(28,29)30)19(25)20(26)18(16)21(27)22(4,5)13-8-2/h15,21H,7-14,25-27H2,1-6H3. The molecule has 2 unspecified atom stereocenters. The molecule has 0 bridgehead atoms. The smallest absolute Gasteiger partial charge is 0.166 e. The van der Waals surface area contributed by atoms with Gasteiger partial charge in [0.25, 0.3) is 0 Å². The van der Waals surface area contributed by atoms with Crippen molar-refractivity contribution in [1.82, 2.24) is 0 Å². The van der Waals surface area contributed by atoms with Gasteiger partial charge in [0, 0.05) is 5.56 Å². The first-order valence-electron chi connectivity index (χ1n) is 12.0. The molecule has 1 aromatic carbocycles. The third kappa shape index (κ3) is 6.13. The third-order valence-corrected chi connectivity index (χ3v) is 7.77. The summed E-state index contributed by atoms with van der Waals surface area (Å²) in [4.78, 5) is 0. The van der Waals surface area contributed by atoms with Gasteiger partial charge in [-0.15, -0.1) is 0 Å². The number of benzene rings is 1. The van der Waals surface area contributed by atoms with E-state index in [1.54, 1.807) is 7.85 Å². The molecule has 0 heterocycles. The van der Waals surface area contributed by atoms with Gasteiger partial charge in [-0.25, -0.2) is 0 Å². The molecule has 0 radical (unpaired) electrons. The van der Waals surface area contributed by atoms with Crippen LogP contribution in [0, 0.1) is 5.41 Å². The summed E-state index contributed by atoms with van der Waals surface area (Å²) in [6.07, 6.45) is 4.19. The molecule has 30 heavy (non-hydrogen) atoms. The maximum absolute atomic E-state index is 13.9. The second kappa shape index (κ2) is 10.7. The lowest BCUT2D eigenvalue weighted by atomic mass is 9.55. The van der Waals surface area contributed by atoms with E-state index in [-0.39, 0.29) is 16.6 Å². The van der Waals surface area contributed by atoms with Gasteiger partial charge >= 0.3 is 6.18 Å². The molecule has 0 saturated carbocycles. The maximum Gasteiger partial charge on any atom is 0.415 e. The summed E-state index contributed by atoms with van der Waals surface area (Å²) in [5.41, 5.74) is 2.68. The lowest BCUT2D eigenvalue weighted by Crippen LogP contribution is -2.42. The van der Waals surface area contributed by atoms with E-state index in [2.05, 4.69) is 49.4 Å². The second-order valence-corrected chi connectivity index (χ2v) is 10.3. The van der Waals surface area contributed by atoms with Gasteiger partial charge in [-0.1, -0.05) is 90.1 Å². The van der Waals surface area contributed by atoms with E-state index in [1.807, 2.05) is 7.85 Å². The first kappa shape index (κ1) is 27.2. The number of hydrogen-bond acceptors (Lipinski definition) is 0. The molecule has 0 aliphatic rings. The summed E-state index contributed by atoms with van der Waals surface area (Å²) >= 11 is 0. The van der Waals surface area contributed by atoms with Crippen LogP contribution in [0.5, 0.6) is 0 Å². The van der Waals surface area contributed by atoms with Gasteiger partial charge in [-0.2, -0.15) is 13.2 Å². The number of hydrogen-bond donors (Lipinski definition) is 0. The zero-order chi connectivity index (χ0) is 23.3. The molecule has 0 saturated heterocycles. The van der Waals surface area contributed by atoms with Gasteiger partial charge in [-0.05, 0) is 47.5 Å². The van der Waals surface area contributed by atoms with Crippen LogP contribution >= 0.6 is 0 Å². The topological polar surface area (TPSA) is 0 Å². The molecule has 2 atom stereocenters. The molecular formula is C24H42B3F3. The maximum atomic E-state index is 13.9. The van der Waals surface area contributed by atoms with E-state index in [0.717, 1.165) is 56.0 Å². The fourth-order valence-electron chi connectivity index (χ4n) is 4.98. The Morgan fingerprint density at radius 3 is 1.90 bits per heavy atom. The largest absolute Gasteiger partial charge is 0.415 e. The van der Waals surface area contributed by atoms with Gasteiger partial charge in [-0.3, -0.25) is 0 Å². The Kier molecular flexibility index (Phi) is 9.70. The lowest BCUT2D eigenvalue weighted by molar-refractivity contribution is -0.136. The predicted molar refractivity (Wildman–Crippen MR) is 134 cm³/mol. The quantitative estimate of drug-likeness (QED) is 0.369. The number of unbranched alkanes of at least 4 members (excludes halogenated alkanes) is 3. The first-order valence-corrected chi connectivity index (χ1v) is 12.0. The summed E-state index contributed by atoms with van der Waals surface area (Å²) < 4.78 is 41.8. The monoisotopic (exact) mass is 420 g/mol. The van der Waals surface area contributed by atoms with Crippen molar-refractivity contribution in [1.29, 1.82) is 0 Å². The van der Waals surface area contributed by atoms with Crippen LogP contribution in [0.2, 0.25) is 0 Å². The Morgan fingerprint density at radius 1 is 0.833 bits per heavy atom. The molecule has 0 fully saturated rings. The summed E-state index contributed by atoms with van der Waals surface area (Å²) in [7, 11) is 5.78. The average molecular weight is 420 g/mol. The molecule has 0 aliphatic heterocycles. The average Bonchev–Trinajstić information content (AvgIpc) is 2.65. The minimum atomic E-state index is -4.32. The third-order valence-electron chi connectivity index (χ3n) is 7.77. The van der Waals surface area contributed by atoms with Gasteiger partial charge in [0.1, 0.15) is 23.5 Å². The van der Waals surface area contributed by atoms with Crippen molar-refractivity contribution in [2.24, 2.45) is 5.41 Å². The van der Waals surface area contributed by atoms with Gasteiger partial charge in [0.2, 0.25) is 0 Å². The number of alkyl halides is 3. The van der Waals surface area contributed by atoms with Gasteiger partial charge in [0.05, 0.1) is 0 Å². The summed E-state index contributed by atoms with van der Waals surface area (Å²) in [5, 5.41) is 0. The Morgan fingerprint density at radius 2 is 1.43 bits per heavy atom. The zero-order valence-corrected chi connectivity index (χ0v) is 20.9. The Labute approximate surface area is 186 Å². The van der Waals surface area contributed by atoms with E-state index >= 15 is 0 Å². The Balaban J connectivity index is 3.72. The van der Waals surface area contributed by atoms with Crippen molar-refractivity contribution < 1.29 is 13.2 Å². The minimum Gasteiger partial charge on any atom is -0.166 e. The van der Waals surface area contributed by atoms with Crippen molar-refractivity contribution in [3.8, 4) is 0 Å². The Bertz CT molecular complexity index is 698. The number of rotatable bonds is 11. The zero-order valence-electron chi connectivity index (χ0n) is 20.9. The van der Waals surface area contributed by atoms with Crippen molar-refractivity contribution in [3.05, 3.63) is 22.8 Å². The summed E-state index contributed by atoms with van der Waals surface area (Å²) in [5.74, 6) is 0.204. The summed E-state index contributed by atoms with van der Waals surface area (Å²) in [6, 6.07) is 1.51. The molecule has 168 valence electrons. The number of halogens is 3. The van der Waals surface area contributed by atoms with Crippen LogP contribution in [0.3, 0.4) is 0 Å². The van der Waals surface area contributed by atoms with Gasteiger partial charge < -0.3 is 0 Å². The van der Waals surface area contributed by atoms with E-state index < -0.39 is 11.7 Å². The highest BCUT2D eigenvalue weighted by molar-refractivity contribution is 6.50.